The summed E-state index contributed by atoms with van der Waals surface area (Å²) < 4.78 is 64.5. The van der Waals surface area contributed by atoms with Crippen LogP contribution >= 0.6 is 0 Å². The summed E-state index contributed by atoms with van der Waals surface area (Å²) in [7, 11) is 0. The van der Waals surface area contributed by atoms with Crippen LogP contribution in [0.4, 0.5) is 23.4 Å². The number of hydrazine groups is 1. The molecule has 31 heavy (non-hydrogen) atoms. The van der Waals surface area contributed by atoms with Gasteiger partial charge in [-0.2, -0.15) is 13.2 Å². The number of anilines is 1. The zero-order chi connectivity index (χ0) is 21.8. The summed E-state index contributed by atoms with van der Waals surface area (Å²) in [4.78, 5) is 10.0. The largest absolute Gasteiger partial charge is 0.485 e. The van der Waals surface area contributed by atoms with E-state index in [0.717, 1.165) is 18.4 Å². The van der Waals surface area contributed by atoms with Crippen molar-refractivity contribution in [2.75, 3.05) is 24.6 Å². The highest BCUT2D eigenvalue weighted by Crippen LogP contribution is 2.44. The molecule has 0 spiro atoms. The highest BCUT2D eigenvalue weighted by atomic mass is 19.4. The van der Waals surface area contributed by atoms with Crippen LogP contribution in [0.3, 0.4) is 0 Å². The molecule has 1 unspecified atom stereocenters. The molecule has 0 aromatic carbocycles. The Morgan fingerprint density at radius 3 is 2.81 bits per heavy atom. The molecule has 11 heteroatoms. The number of hydrogen-bond donors (Lipinski definition) is 2. The third-order valence-electron chi connectivity index (χ3n) is 6.12. The van der Waals surface area contributed by atoms with Gasteiger partial charge in [-0.05, 0) is 31.4 Å². The fourth-order valence-corrected chi connectivity index (χ4v) is 4.03. The summed E-state index contributed by atoms with van der Waals surface area (Å²) in [5.74, 6) is 0.344. The highest BCUT2D eigenvalue weighted by molar-refractivity contribution is 5.45. The Labute approximate surface area is 176 Å². The van der Waals surface area contributed by atoms with Gasteiger partial charge in [0.2, 0.25) is 0 Å². The predicted molar refractivity (Wildman–Crippen MR) is 102 cm³/mol. The van der Waals surface area contributed by atoms with E-state index < -0.39 is 12.3 Å². The molecule has 0 radical (unpaired) electrons. The van der Waals surface area contributed by atoms with Gasteiger partial charge in [0.1, 0.15) is 23.6 Å². The lowest BCUT2D eigenvalue weighted by Gasteiger charge is -2.34. The average molecular weight is 441 g/mol. The molecule has 2 aliphatic heterocycles. The molecular weight excluding hydrogens is 418 g/mol. The van der Waals surface area contributed by atoms with Crippen LogP contribution < -0.4 is 15.8 Å². The third-order valence-corrected chi connectivity index (χ3v) is 6.12. The number of ether oxygens (including phenoxy) is 2. The van der Waals surface area contributed by atoms with Gasteiger partial charge in [-0.1, -0.05) is 0 Å². The molecular formula is C20H23F4N5O2. The standard InChI is InChI=1S/C20H23F4N5O2/c1-19(2-3-19)31-15-6-11-13(7-12(15)21)27-28-18(11)14-8-17(26-10-25-14)29-4-5-30-16(9-29)20(22,23)24/h6,8,10,13,16,18,27-28H,2-5,7,9H2,1H3/t13-,16?,18-/m1/s1. The van der Waals surface area contributed by atoms with Crippen molar-refractivity contribution in [3.8, 4) is 0 Å². The van der Waals surface area contributed by atoms with Gasteiger partial charge in [0, 0.05) is 19.0 Å². The van der Waals surface area contributed by atoms with E-state index in [1.807, 2.05) is 6.92 Å². The van der Waals surface area contributed by atoms with Gasteiger partial charge in [0.05, 0.1) is 30.9 Å². The van der Waals surface area contributed by atoms with Crippen LogP contribution in [0, 0.1) is 0 Å². The molecule has 1 aromatic rings. The van der Waals surface area contributed by atoms with Gasteiger partial charge in [0.15, 0.2) is 11.9 Å². The minimum Gasteiger partial charge on any atom is -0.485 e. The maximum atomic E-state index is 14.5. The Morgan fingerprint density at radius 1 is 1.26 bits per heavy atom. The molecule has 1 saturated carbocycles. The van der Waals surface area contributed by atoms with Gasteiger partial charge in [-0.25, -0.2) is 25.2 Å². The molecule has 2 aliphatic carbocycles. The molecule has 3 atom stereocenters. The van der Waals surface area contributed by atoms with Crippen LogP contribution in [-0.2, 0) is 9.47 Å². The molecule has 0 amide bonds. The van der Waals surface area contributed by atoms with Crippen molar-refractivity contribution in [1.82, 2.24) is 20.8 Å². The number of morpholine rings is 1. The van der Waals surface area contributed by atoms with Crippen molar-refractivity contribution in [3.05, 3.63) is 41.3 Å². The average Bonchev–Trinajstić information content (AvgIpc) is 3.33. The van der Waals surface area contributed by atoms with Crippen LogP contribution in [0.2, 0.25) is 0 Å². The molecule has 3 heterocycles. The fourth-order valence-electron chi connectivity index (χ4n) is 4.03. The first-order valence-corrected chi connectivity index (χ1v) is 10.3. The fraction of sp³-hybridized carbons (Fsp3) is 0.600. The number of rotatable bonds is 4. The lowest BCUT2D eigenvalue weighted by atomic mass is 9.92. The van der Waals surface area contributed by atoms with Crippen LogP contribution in [0.5, 0.6) is 0 Å². The maximum absolute atomic E-state index is 14.5. The van der Waals surface area contributed by atoms with Gasteiger partial charge < -0.3 is 14.4 Å². The molecule has 7 nitrogen and oxygen atoms in total. The van der Waals surface area contributed by atoms with E-state index in [2.05, 4.69) is 20.8 Å². The summed E-state index contributed by atoms with van der Waals surface area (Å²) in [5, 5.41) is 0. The lowest BCUT2D eigenvalue weighted by molar-refractivity contribution is -0.221. The molecule has 2 N–H and O–H groups in total. The zero-order valence-electron chi connectivity index (χ0n) is 16.9. The van der Waals surface area contributed by atoms with Crippen molar-refractivity contribution < 1.29 is 27.0 Å². The summed E-state index contributed by atoms with van der Waals surface area (Å²) in [6.45, 7) is 1.89. The summed E-state index contributed by atoms with van der Waals surface area (Å²) in [6, 6.07) is 1.05. The van der Waals surface area contributed by atoms with Crippen LogP contribution in [-0.4, -0.2) is 53.6 Å². The Morgan fingerprint density at radius 2 is 2.06 bits per heavy atom. The first-order chi connectivity index (χ1) is 14.7. The summed E-state index contributed by atoms with van der Waals surface area (Å²) in [5.41, 5.74) is 7.34. The number of alkyl halides is 3. The van der Waals surface area contributed by atoms with Gasteiger partial charge in [-0.15, -0.1) is 0 Å². The number of nitrogens with zero attached hydrogens (tertiary/aromatic N) is 3. The second-order valence-corrected chi connectivity index (χ2v) is 8.59. The Bertz CT molecular complexity index is 930. The molecule has 4 aliphatic rings. The number of nitrogens with one attached hydrogen (secondary N) is 2. The molecule has 2 saturated heterocycles. The first kappa shape index (κ1) is 20.7. The van der Waals surface area contributed by atoms with E-state index in [1.165, 1.54) is 6.33 Å². The highest BCUT2D eigenvalue weighted by Gasteiger charge is 2.45. The van der Waals surface area contributed by atoms with E-state index in [1.54, 1.807) is 17.0 Å². The van der Waals surface area contributed by atoms with E-state index in [4.69, 9.17) is 9.47 Å². The van der Waals surface area contributed by atoms with Gasteiger partial charge in [0.25, 0.3) is 0 Å². The predicted octanol–water partition coefficient (Wildman–Crippen LogP) is 2.84. The van der Waals surface area contributed by atoms with Crippen molar-refractivity contribution >= 4 is 5.82 Å². The first-order valence-electron chi connectivity index (χ1n) is 10.3. The van der Waals surface area contributed by atoms with Gasteiger partial charge >= 0.3 is 6.18 Å². The van der Waals surface area contributed by atoms with Crippen molar-refractivity contribution in [2.45, 2.75) is 56.2 Å². The number of hydrogen-bond acceptors (Lipinski definition) is 7. The van der Waals surface area contributed by atoms with E-state index in [-0.39, 0.29) is 48.8 Å². The van der Waals surface area contributed by atoms with Crippen LogP contribution in [0.1, 0.15) is 37.9 Å². The van der Waals surface area contributed by atoms with Crippen molar-refractivity contribution in [2.24, 2.45) is 0 Å². The molecule has 3 fully saturated rings. The summed E-state index contributed by atoms with van der Waals surface area (Å²) in [6.07, 6.45) is -1.30. The SMILES string of the molecule is CC1(OC2=C(F)C[C@H]3NN[C@@H](c4cc(N5CCOC(C(F)(F)F)C5)ncn4)C3=C2)CC1. The van der Waals surface area contributed by atoms with E-state index >= 15 is 0 Å². The molecule has 1 aromatic heterocycles. The normalized spacial score (nSPS) is 30.2. The monoisotopic (exact) mass is 441 g/mol. The lowest BCUT2D eigenvalue weighted by Crippen LogP contribution is -2.49. The minimum absolute atomic E-state index is 0.0382. The number of allylic oxidation sites excluding steroid dienone is 1. The van der Waals surface area contributed by atoms with E-state index in [0.29, 0.717) is 18.1 Å². The zero-order valence-corrected chi connectivity index (χ0v) is 16.9. The second kappa shape index (κ2) is 7.42. The third kappa shape index (κ3) is 4.13. The topological polar surface area (TPSA) is 71.5 Å². The Kier molecular flexibility index (Phi) is 4.94. The van der Waals surface area contributed by atoms with Crippen LogP contribution in [0.25, 0.3) is 0 Å². The smallest absolute Gasteiger partial charge is 0.416 e. The number of fused-ring (bicyclic) bond motifs is 1. The van der Waals surface area contributed by atoms with Crippen molar-refractivity contribution in [3.63, 3.8) is 0 Å². The Balaban J connectivity index is 1.38. The minimum atomic E-state index is -4.43. The summed E-state index contributed by atoms with van der Waals surface area (Å²) >= 11 is 0. The van der Waals surface area contributed by atoms with Gasteiger partial charge in [-0.3, -0.25) is 0 Å². The van der Waals surface area contributed by atoms with Crippen molar-refractivity contribution in [1.29, 1.82) is 0 Å². The quantitative estimate of drug-likeness (QED) is 0.697. The maximum Gasteiger partial charge on any atom is 0.416 e. The number of aromatic nitrogens is 2. The molecule has 0 bridgehead atoms. The second-order valence-electron chi connectivity index (χ2n) is 8.59. The molecule has 5 rings (SSSR count). The Hall–Kier alpha value is -2.24. The number of halogens is 4. The van der Waals surface area contributed by atoms with E-state index in [9.17, 15) is 17.6 Å². The molecule has 168 valence electrons. The van der Waals surface area contributed by atoms with Crippen LogP contribution in [0.15, 0.2) is 35.6 Å².